The topological polar surface area (TPSA) is 99.1 Å². The van der Waals surface area contributed by atoms with Crippen molar-refractivity contribution in [2.24, 2.45) is 5.92 Å². The number of nitrogens with one attached hydrogen (secondary N) is 2. The summed E-state index contributed by atoms with van der Waals surface area (Å²) in [6.07, 6.45) is 0.0735. The summed E-state index contributed by atoms with van der Waals surface area (Å²) in [5, 5.41) is 10.0. The van der Waals surface area contributed by atoms with E-state index in [1.54, 1.807) is 6.07 Å². The highest BCUT2D eigenvalue weighted by Gasteiger charge is 2.19. The van der Waals surface area contributed by atoms with Gasteiger partial charge in [0.05, 0.1) is 6.07 Å². The van der Waals surface area contributed by atoms with Gasteiger partial charge in [0.2, 0.25) is 15.9 Å². The number of amides is 1. The lowest BCUT2D eigenvalue weighted by Crippen LogP contribution is -2.35. The van der Waals surface area contributed by atoms with Crippen LogP contribution in [0.5, 0.6) is 0 Å². The maximum Gasteiger partial charge on any atom is 0.227 e. The number of carbonyl (C=O) groups excluding carboxylic acids is 1. The van der Waals surface area contributed by atoms with Crippen LogP contribution in [0.25, 0.3) is 0 Å². The Hall–Kier alpha value is -1.13. The van der Waals surface area contributed by atoms with Gasteiger partial charge in [0.1, 0.15) is 0 Å². The van der Waals surface area contributed by atoms with E-state index in [9.17, 15) is 13.2 Å². The molecule has 0 aliphatic rings. The first kappa shape index (κ1) is 15.9. The summed E-state index contributed by atoms with van der Waals surface area (Å²) >= 11 is 0. The first-order chi connectivity index (χ1) is 7.79. The third kappa shape index (κ3) is 6.92. The molecule has 0 saturated carbocycles. The van der Waals surface area contributed by atoms with Crippen LogP contribution in [0.4, 0.5) is 0 Å². The Morgan fingerprint density at radius 3 is 2.41 bits per heavy atom. The normalized spacial score (nSPS) is 13.1. The number of rotatable bonds is 7. The predicted molar refractivity (Wildman–Crippen MR) is 64.5 cm³/mol. The minimum atomic E-state index is -3.63. The number of sulfonamides is 1. The number of nitriles is 1. The second-order valence-corrected chi connectivity index (χ2v) is 6.24. The summed E-state index contributed by atoms with van der Waals surface area (Å²) in [7, 11) is -3.63. The lowest BCUT2D eigenvalue weighted by Gasteiger charge is -2.09. The Morgan fingerprint density at radius 2 is 1.94 bits per heavy atom. The van der Waals surface area contributed by atoms with Crippen molar-refractivity contribution >= 4 is 15.9 Å². The van der Waals surface area contributed by atoms with Gasteiger partial charge in [-0.05, 0) is 12.8 Å². The highest BCUT2D eigenvalue weighted by molar-refractivity contribution is 7.90. The van der Waals surface area contributed by atoms with Gasteiger partial charge in [-0.3, -0.25) is 4.79 Å². The Bertz CT molecular complexity index is 384. The van der Waals surface area contributed by atoms with Crippen molar-refractivity contribution < 1.29 is 13.2 Å². The fourth-order valence-electron chi connectivity index (χ4n) is 0.908. The van der Waals surface area contributed by atoms with Gasteiger partial charge < -0.3 is 5.32 Å². The number of hydrogen-bond acceptors (Lipinski definition) is 4. The fourth-order valence-corrected chi connectivity index (χ4v) is 1.68. The minimum absolute atomic E-state index is 0.0122. The zero-order valence-electron chi connectivity index (χ0n) is 10.4. The van der Waals surface area contributed by atoms with Crippen molar-refractivity contribution in [2.75, 3.05) is 13.1 Å². The van der Waals surface area contributed by atoms with Gasteiger partial charge in [-0.15, -0.1) is 0 Å². The maximum absolute atomic E-state index is 11.3. The van der Waals surface area contributed by atoms with Crippen molar-refractivity contribution in [2.45, 2.75) is 32.4 Å². The van der Waals surface area contributed by atoms with Crippen LogP contribution in [0, 0.1) is 17.2 Å². The summed E-state index contributed by atoms with van der Waals surface area (Å²) in [5.74, 6) is 0.153. The third-order valence-corrected chi connectivity index (χ3v) is 3.65. The molecule has 0 fully saturated rings. The lowest BCUT2D eigenvalue weighted by molar-refractivity contribution is -0.121. The molecule has 98 valence electrons. The summed E-state index contributed by atoms with van der Waals surface area (Å²) in [6, 6.07) is 1.63. The van der Waals surface area contributed by atoms with Crippen LogP contribution in [0.1, 0.15) is 27.2 Å². The molecule has 0 bridgehead atoms. The molecule has 2 N–H and O–H groups in total. The molecule has 0 aromatic heterocycles. The van der Waals surface area contributed by atoms with E-state index in [1.807, 2.05) is 13.8 Å². The summed E-state index contributed by atoms with van der Waals surface area (Å²) in [6.45, 7) is 5.81. The Balaban J connectivity index is 3.93. The summed E-state index contributed by atoms with van der Waals surface area (Å²) < 4.78 is 24.9. The zero-order valence-corrected chi connectivity index (χ0v) is 11.2. The standard InChI is InChI=1S/C10H19N3O3S/c1-8(2)7-12-10(14)4-5-13-17(15,16)9(3)6-11/h8-9,13H,4-5,7H2,1-3H3,(H,12,14). The molecule has 0 radical (unpaired) electrons. The van der Waals surface area contributed by atoms with Crippen LogP contribution in [0.15, 0.2) is 0 Å². The summed E-state index contributed by atoms with van der Waals surface area (Å²) in [5.41, 5.74) is 0. The first-order valence-corrected chi connectivity index (χ1v) is 6.99. The van der Waals surface area contributed by atoms with Crippen LogP contribution in [-0.2, 0) is 14.8 Å². The SMILES string of the molecule is CC(C)CNC(=O)CCNS(=O)(=O)C(C)C#N. The third-order valence-electron chi connectivity index (χ3n) is 2.01. The molecular weight excluding hydrogens is 242 g/mol. The van der Waals surface area contributed by atoms with Crippen molar-refractivity contribution in [3.8, 4) is 6.07 Å². The molecule has 0 aliphatic carbocycles. The second-order valence-electron chi connectivity index (χ2n) is 4.16. The molecule has 0 rings (SSSR count). The van der Waals surface area contributed by atoms with E-state index in [2.05, 4.69) is 10.0 Å². The molecule has 0 heterocycles. The molecule has 0 aromatic carbocycles. The average molecular weight is 261 g/mol. The average Bonchev–Trinajstić information content (AvgIpc) is 2.24. The van der Waals surface area contributed by atoms with Gasteiger partial charge in [-0.1, -0.05) is 13.8 Å². The molecule has 0 aliphatic heterocycles. The summed E-state index contributed by atoms with van der Waals surface area (Å²) in [4.78, 5) is 11.3. The minimum Gasteiger partial charge on any atom is -0.356 e. The highest BCUT2D eigenvalue weighted by atomic mass is 32.2. The van der Waals surface area contributed by atoms with E-state index < -0.39 is 15.3 Å². The maximum atomic E-state index is 11.3. The van der Waals surface area contributed by atoms with Crippen molar-refractivity contribution in [1.82, 2.24) is 10.0 Å². The van der Waals surface area contributed by atoms with E-state index in [-0.39, 0.29) is 18.9 Å². The van der Waals surface area contributed by atoms with E-state index >= 15 is 0 Å². The van der Waals surface area contributed by atoms with Gasteiger partial charge in [-0.2, -0.15) is 5.26 Å². The van der Waals surface area contributed by atoms with Crippen LogP contribution in [0.3, 0.4) is 0 Å². The lowest BCUT2D eigenvalue weighted by atomic mass is 10.2. The molecular formula is C10H19N3O3S. The van der Waals surface area contributed by atoms with Gasteiger partial charge in [0, 0.05) is 19.5 Å². The number of carbonyl (C=O) groups is 1. The molecule has 0 spiro atoms. The van der Waals surface area contributed by atoms with E-state index in [0.717, 1.165) is 0 Å². The predicted octanol–water partition coefficient (Wildman–Crippen LogP) is -0.0198. The van der Waals surface area contributed by atoms with Gasteiger partial charge in [-0.25, -0.2) is 13.1 Å². The number of nitrogens with zero attached hydrogens (tertiary/aromatic N) is 1. The van der Waals surface area contributed by atoms with Crippen molar-refractivity contribution in [3.05, 3.63) is 0 Å². The van der Waals surface area contributed by atoms with Crippen molar-refractivity contribution in [3.63, 3.8) is 0 Å². The molecule has 17 heavy (non-hydrogen) atoms. The van der Waals surface area contributed by atoms with E-state index in [0.29, 0.717) is 12.5 Å². The first-order valence-electron chi connectivity index (χ1n) is 5.44. The molecule has 0 saturated heterocycles. The van der Waals surface area contributed by atoms with Crippen LogP contribution in [-0.4, -0.2) is 32.7 Å². The fraction of sp³-hybridized carbons (Fsp3) is 0.800. The monoisotopic (exact) mass is 261 g/mol. The van der Waals surface area contributed by atoms with E-state index in [4.69, 9.17) is 5.26 Å². The van der Waals surface area contributed by atoms with Gasteiger partial charge in [0.15, 0.2) is 5.25 Å². The Morgan fingerprint density at radius 1 is 1.35 bits per heavy atom. The molecule has 1 atom stereocenters. The smallest absolute Gasteiger partial charge is 0.227 e. The Kier molecular flexibility index (Phi) is 6.76. The largest absolute Gasteiger partial charge is 0.356 e. The van der Waals surface area contributed by atoms with Crippen molar-refractivity contribution in [1.29, 1.82) is 5.26 Å². The molecule has 1 amide bonds. The van der Waals surface area contributed by atoms with Crippen LogP contribution in [0.2, 0.25) is 0 Å². The molecule has 6 nitrogen and oxygen atoms in total. The highest BCUT2D eigenvalue weighted by Crippen LogP contribution is 1.96. The zero-order chi connectivity index (χ0) is 13.5. The molecule has 7 heteroatoms. The molecule has 1 unspecified atom stereocenters. The second kappa shape index (κ2) is 7.25. The molecule has 0 aromatic rings. The quantitative estimate of drug-likeness (QED) is 0.672. The van der Waals surface area contributed by atoms with Crippen LogP contribution < -0.4 is 10.0 Å². The van der Waals surface area contributed by atoms with Gasteiger partial charge >= 0.3 is 0 Å². The van der Waals surface area contributed by atoms with E-state index in [1.165, 1.54) is 6.92 Å². The number of hydrogen-bond donors (Lipinski definition) is 2. The van der Waals surface area contributed by atoms with Crippen LogP contribution >= 0.6 is 0 Å². The van der Waals surface area contributed by atoms with Gasteiger partial charge in [0.25, 0.3) is 0 Å². The Labute approximate surface area is 102 Å².